The second kappa shape index (κ2) is 12.3. The number of amidine groups is 1. The molecule has 0 unspecified atom stereocenters. The van der Waals surface area contributed by atoms with Crippen LogP contribution in [-0.2, 0) is 11.2 Å². The number of ether oxygens (including phenoxy) is 1. The minimum absolute atomic E-state index is 0.0977. The van der Waals surface area contributed by atoms with Gasteiger partial charge in [0, 0.05) is 38.8 Å². The molecule has 0 radical (unpaired) electrons. The Hall–Kier alpha value is -2.44. The largest absolute Gasteiger partial charge is 0.444 e. The average molecular weight is 478 g/mol. The number of halogens is 2. The Kier molecular flexibility index (Phi) is 10.1. The molecule has 34 heavy (non-hydrogen) atoms. The third-order valence-corrected chi connectivity index (χ3v) is 5.88. The molecule has 1 heterocycles. The number of allylic oxidation sites excluding steroid dienone is 1. The van der Waals surface area contributed by atoms with E-state index in [1.54, 1.807) is 24.1 Å². The number of carbonyl (C=O) groups excluding carboxylic acids is 1. The van der Waals surface area contributed by atoms with Gasteiger partial charge in [-0.25, -0.2) is 13.6 Å². The van der Waals surface area contributed by atoms with Crippen molar-refractivity contribution in [2.75, 3.05) is 33.2 Å². The number of rotatable bonds is 7. The fourth-order valence-electron chi connectivity index (χ4n) is 4.10. The van der Waals surface area contributed by atoms with Crippen molar-refractivity contribution in [3.05, 3.63) is 46.5 Å². The van der Waals surface area contributed by atoms with Crippen molar-refractivity contribution in [1.82, 2.24) is 9.80 Å². The summed E-state index contributed by atoms with van der Waals surface area (Å²) in [7, 11) is 1.79. The molecule has 0 spiro atoms. The first-order valence-electron chi connectivity index (χ1n) is 12.2. The van der Waals surface area contributed by atoms with Crippen LogP contribution in [0.25, 0.3) is 0 Å². The van der Waals surface area contributed by atoms with Crippen LogP contribution in [-0.4, -0.2) is 60.6 Å². The molecule has 1 saturated heterocycles. The zero-order valence-electron chi connectivity index (χ0n) is 21.8. The first-order valence-corrected chi connectivity index (χ1v) is 12.2. The molecule has 1 amide bonds. The summed E-state index contributed by atoms with van der Waals surface area (Å²) in [5, 5.41) is 0. The van der Waals surface area contributed by atoms with Crippen LogP contribution in [0.15, 0.2) is 34.8 Å². The molecule has 2 rings (SSSR count). The van der Waals surface area contributed by atoms with E-state index < -0.39 is 12.0 Å². The van der Waals surface area contributed by atoms with Crippen LogP contribution < -0.4 is 0 Å². The lowest BCUT2D eigenvalue weighted by Crippen LogP contribution is -2.51. The summed E-state index contributed by atoms with van der Waals surface area (Å²) in [5.41, 5.74) is 2.72. The predicted octanol–water partition coefficient (Wildman–Crippen LogP) is 6.42. The molecule has 190 valence electrons. The molecule has 1 fully saturated rings. The smallest absolute Gasteiger partial charge is 0.410 e. The van der Waals surface area contributed by atoms with E-state index in [1.807, 2.05) is 33.8 Å². The highest BCUT2D eigenvalue weighted by Gasteiger charge is 2.26. The van der Waals surface area contributed by atoms with Crippen molar-refractivity contribution in [2.45, 2.75) is 72.8 Å². The van der Waals surface area contributed by atoms with Crippen molar-refractivity contribution in [3.63, 3.8) is 0 Å². The number of piperazine rings is 1. The third-order valence-electron chi connectivity index (χ3n) is 5.88. The van der Waals surface area contributed by atoms with Gasteiger partial charge in [-0.2, -0.15) is 0 Å². The molecule has 0 atom stereocenters. The molecule has 1 aromatic carbocycles. The maximum atomic E-state index is 13.1. The predicted molar refractivity (Wildman–Crippen MR) is 135 cm³/mol. The molecule has 0 aliphatic carbocycles. The third kappa shape index (κ3) is 8.73. The van der Waals surface area contributed by atoms with Crippen LogP contribution >= 0.6 is 0 Å². The Morgan fingerprint density at radius 2 is 1.74 bits per heavy atom. The normalized spacial score (nSPS) is 16.0. The van der Waals surface area contributed by atoms with Crippen LogP contribution in [0.3, 0.4) is 0 Å². The number of alkyl halides is 2. The van der Waals surface area contributed by atoms with E-state index in [2.05, 4.69) is 29.8 Å². The number of benzene rings is 1. The van der Waals surface area contributed by atoms with Crippen LogP contribution in [0, 0.1) is 12.8 Å². The van der Waals surface area contributed by atoms with Gasteiger partial charge >= 0.3 is 6.09 Å². The highest BCUT2D eigenvalue weighted by atomic mass is 19.3. The summed E-state index contributed by atoms with van der Waals surface area (Å²) in [6.07, 6.45) is 1.98. The van der Waals surface area contributed by atoms with E-state index in [0.29, 0.717) is 32.1 Å². The number of hydrogen-bond acceptors (Lipinski definition) is 3. The van der Waals surface area contributed by atoms with Gasteiger partial charge < -0.3 is 14.5 Å². The molecule has 1 aromatic rings. The lowest BCUT2D eigenvalue weighted by molar-refractivity contribution is 0.0187. The topological polar surface area (TPSA) is 45.1 Å². The van der Waals surface area contributed by atoms with Gasteiger partial charge in [-0.3, -0.25) is 4.99 Å². The van der Waals surface area contributed by atoms with Gasteiger partial charge in [0.05, 0.1) is 0 Å². The van der Waals surface area contributed by atoms with Crippen LogP contribution in [0.2, 0.25) is 0 Å². The SMILES string of the molecule is CN=C(/C=C(\CCCc1cc(C)cc(C(F)F)c1)C(C)C)N1CCN(C(=O)OC(C)(C)C)CC1. The summed E-state index contributed by atoms with van der Waals surface area (Å²) in [6.45, 7) is 14.4. The summed E-state index contributed by atoms with van der Waals surface area (Å²) in [4.78, 5) is 20.8. The van der Waals surface area contributed by atoms with Gasteiger partial charge in [-0.1, -0.05) is 43.2 Å². The Balaban J connectivity index is 1.98. The van der Waals surface area contributed by atoms with E-state index in [9.17, 15) is 13.6 Å². The Bertz CT molecular complexity index is 880. The first kappa shape index (κ1) is 27.8. The number of amides is 1. The standard InChI is InChI=1S/C27H41F2N3O2/c1-19(2)22(10-8-9-21-15-20(3)16-23(17-21)25(28)29)18-24(30-7)31-11-13-32(14-12-31)26(33)34-27(4,5)6/h15-19,25H,8-14H2,1-7H3/b22-18+,30-24?. The number of aliphatic imine (C=N–C) groups is 1. The lowest BCUT2D eigenvalue weighted by atomic mass is 9.94. The molecule has 0 aromatic heterocycles. The minimum Gasteiger partial charge on any atom is -0.444 e. The molecule has 1 aliphatic heterocycles. The van der Waals surface area contributed by atoms with Crippen LogP contribution in [0.4, 0.5) is 13.6 Å². The molecule has 0 N–H and O–H groups in total. The first-order chi connectivity index (χ1) is 15.9. The molecule has 0 bridgehead atoms. The number of aryl methyl sites for hydroxylation is 2. The van der Waals surface area contributed by atoms with Crippen LogP contribution in [0.1, 0.15) is 70.6 Å². The Morgan fingerprint density at radius 1 is 1.12 bits per heavy atom. The van der Waals surface area contributed by atoms with Crippen molar-refractivity contribution in [3.8, 4) is 0 Å². The van der Waals surface area contributed by atoms with Gasteiger partial charge in [-0.05, 0) is 64.5 Å². The second-order valence-electron chi connectivity index (χ2n) is 10.3. The lowest BCUT2D eigenvalue weighted by Gasteiger charge is -2.36. The summed E-state index contributed by atoms with van der Waals surface area (Å²) < 4.78 is 31.7. The number of carbonyl (C=O) groups is 1. The average Bonchev–Trinajstić information content (AvgIpc) is 2.74. The maximum Gasteiger partial charge on any atom is 0.410 e. The zero-order chi connectivity index (χ0) is 25.5. The van der Waals surface area contributed by atoms with Gasteiger partial charge in [0.25, 0.3) is 6.43 Å². The van der Waals surface area contributed by atoms with Crippen molar-refractivity contribution in [2.24, 2.45) is 10.9 Å². The number of hydrogen-bond donors (Lipinski definition) is 0. The Labute approximate surface area is 203 Å². The van der Waals surface area contributed by atoms with E-state index in [0.717, 1.165) is 36.2 Å². The summed E-state index contributed by atoms with van der Waals surface area (Å²) in [5.74, 6) is 1.28. The number of nitrogens with zero attached hydrogens (tertiary/aromatic N) is 3. The monoisotopic (exact) mass is 477 g/mol. The molecule has 7 heteroatoms. The van der Waals surface area contributed by atoms with E-state index in [4.69, 9.17) is 4.74 Å². The Morgan fingerprint density at radius 3 is 2.26 bits per heavy atom. The second-order valence-corrected chi connectivity index (χ2v) is 10.3. The van der Waals surface area contributed by atoms with Gasteiger partial charge in [-0.15, -0.1) is 0 Å². The molecule has 0 saturated carbocycles. The van der Waals surface area contributed by atoms with E-state index >= 15 is 0 Å². The van der Waals surface area contributed by atoms with E-state index in [1.165, 1.54) is 5.57 Å². The van der Waals surface area contributed by atoms with Crippen LogP contribution in [0.5, 0.6) is 0 Å². The molecule has 1 aliphatic rings. The highest BCUT2D eigenvalue weighted by molar-refractivity contribution is 5.93. The minimum atomic E-state index is -2.44. The highest BCUT2D eigenvalue weighted by Crippen LogP contribution is 2.24. The molecular weight excluding hydrogens is 436 g/mol. The molecule has 5 nitrogen and oxygen atoms in total. The summed E-state index contributed by atoms with van der Waals surface area (Å²) in [6, 6.07) is 5.17. The quantitative estimate of drug-likeness (QED) is 0.336. The fourth-order valence-corrected chi connectivity index (χ4v) is 4.10. The van der Waals surface area contributed by atoms with Crippen molar-refractivity contribution < 1.29 is 18.3 Å². The summed E-state index contributed by atoms with van der Waals surface area (Å²) >= 11 is 0. The van der Waals surface area contributed by atoms with Gasteiger partial charge in [0.15, 0.2) is 0 Å². The molecular formula is C27H41F2N3O2. The van der Waals surface area contributed by atoms with Crippen molar-refractivity contribution in [1.29, 1.82) is 0 Å². The zero-order valence-corrected chi connectivity index (χ0v) is 21.8. The van der Waals surface area contributed by atoms with Crippen molar-refractivity contribution >= 4 is 11.9 Å². The fraction of sp³-hybridized carbons (Fsp3) is 0.630. The van der Waals surface area contributed by atoms with Gasteiger partial charge in [0.1, 0.15) is 11.4 Å². The van der Waals surface area contributed by atoms with Gasteiger partial charge in [0.2, 0.25) is 0 Å². The maximum absolute atomic E-state index is 13.1. The van der Waals surface area contributed by atoms with E-state index in [-0.39, 0.29) is 11.7 Å².